The minimum absolute atomic E-state index is 0.0174. The Labute approximate surface area is 148 Å². The van der Waals surface area contributed by atoms with Gasteiger partial charge in [-0.3, -0.25) is 4.79 Å². The molecule has 2 aromatic rings. The zero-order valence-corrected chi connectivity index (χ0v) is 14.8. The van der Waals surface area contributed by atoms with Gasteiger partial charge in [-0.25, -0.2) is 9.97 Å². The highest BCUT2D eigenvalue weighted by Gasteiger charge is 2.61. The first-order chi connectivity index (χ1) is 12.0. The van der Waals surface area contributed by atoms with Crippen molar-refractivity contribution in [3.05, 3.63) is 48.3 Å². The van der Waals surface area contributed by atoms with Crippen LogP contribution in [-0.4, -0.2) is 46.6 Å². The number of carbonyl (C=O) groups is 1. The number of nitrogens with zero attached hydrogens (tertiary/aromatic N) is 3. The molecule has 0 unspecified atom stereocenters. The first-order valence-corrected chi connectivity index (χ1v) is 8.76. The highest BCUT2D eigenvalue weighted by atomic mass is 16.5. The minimum atomic E-state index is -0.0250. The maximum absolute atomic E-state index is 12.9. The van der Waals surface area contributed by atoms with E-state index in [1.165, 1.54) is 0 Å². The summed E-state index contributed by atoms with van der Waals surface area (Å²) in [4.78, 5) is 23.5. The molecule has 0 radical (unpaired) electrons. The molecule has 2 fully saturated rings. The molecule has 0 bridgehead atoms. The number of aromatic nitrogens is 2. The van der Waals surface area contributed by atoms with E-state index < -0.39 is 0 Å². The van der Waals surface area contributed by atoms with E-state index in [2.05, 4.69) is 23.8 Å². The molecule has 1 amide bonds. The van der Waals surface area contributed by atoms with E-state index in [0.717, 1.165) is 18.6 Å². The zero-order valence-electron chi connectivity index (χ0n) is 14.8. The smallest absolute Gasteiger partial charge is 0.257 e. The second-order valence-corrected chi connectivity index (χ2v) is 7.59. The Morgan fingerprint density at radius 3 is 2.56 bits per heavy atom. The number of hydrogen-bond donors (Lipinski definition) is 0. The molecule has 1 aliphatic carbocycles. The van der Waals surface area contributed by atoms with E-state index in [0.29, 0.717) is 17.3 Å². The largest absolute Gasteiger partial charge is 0.377 e. The van der Waals surface area contributed by atoms with Crippen LogP contribution in [0.4, 0.5) is 0 Å². The third-order valence-corrected chi connectivity index (χ3v) is 5.71. The van der Waals surface area contributed by atoms with Crippen molar-refractivity contribution in [1.29, 1.82) is 0 Å². The van der Waals surface area contributed by atoms with Gasteiger partial charge in [0, 0.05) is 49.0 Å². The van der Waals surface area contributed by atoms with Gasteiger partial charge in [-0.2, -0.15) is 0 Å². The fourth-order valence-electron chi connectivity index (χ4n) is 4.59. The van der Waals surface area contributed by atoms with Gasteiger partial charge in [0.2, 0.25) is 0 Å². The third kappa shape index (κ3) is 2.54. The number of fused-ring (bicyclic) bond motifs is 1. The van der Waals surface area contributed by atoms with Gasteiger partial charge in [-0.15, -0.1) is 0 Å². The van der Waals surface area contributed by atoms with Gasteiger partial charge in [0.05, 0.1) is 11.7 Å². The standard InChI is InChI=1S/C20H23N3O2/c1-20(2)16(15-9-10-25-17(15)20)23(3)19(24)14-11-21-18(22-12-14)13-7-5-4-6-8-13/h4-8,11-12,15-17H,9-10H2,1-3H3/t15-,16-,17+/m1/s1. The van der Waals surface area contributed by atoms with Crippen LogP contribution >= 0.6 is 0 Å². The zero-order chi connectivity index (χ0) is 17.6. The minimum Gasteiger partial charge on any atom is -0.377 e. The summed E-state index contributed by atoms with van der Waals surface area (Å²) in [5.74, 6) is 1.05. The Morgan fingerprint density at radius 1 is 1.20 bits per heavy atom. The maximum Gasteiger partial charge on any atom is 0.257 e. The number of carbonyl (C=O) groups excluding carboxylic acids is 1. The van der Waals surface area contributed by atoms with Crippen LogP contribution in [0, 0.1) is 11.3 Å². The van der Waals surface area contributed by atoms with E-state index in [-0.39, 0.29) is 23.5 Å². The predicted octanol–water partition coefficient (Wildman–Crippen LogP) is 3.03. The highest BCUT2D eigenvalue weighted by molar-refractivity contribution is 5.94. The Balaban J connectivity index is 1.53. The second-order valence-electron chi connectivity index (χ2n) is 7.59. The number of amides is 1. The highest BCUT2D eigenvalue weighted by Crippen LogP contribution is 2.54. The summed E-state index contributed by atoms with van der Waals surface area (Å²) in [5.41, 5.74) is 1.46. The number of rotatable bonds is 3. The molecule has 1 aromatic heterocycles. The van der Waals surface area contributed by atoms with Crippen LogP contribution in [0.15, 0.2) is 42.7 Å². The van der Waals surface area contributed by atoms with Crippen LogP contribution < -0.4 is 0 Å². The lowest BCUT2D eigenvalue weighted by molar-refractivity contribution is -0.139. The molecule has 4 rings (SSSR count). The molecule has 130 valence electrons. The number of ether oxygens (including phenoxy) is 1. The van der Waals surface area contributed by atoms with Gasteiger partial charge in [-0.05, 0) is 6.42 Å². The first-order valence-electron chi connectivity index (χ1n) is 8.76. The predicted molar refractivity (Wildman–Crippen MR) is 95.0 cm³/mol. The molecule has 1 saturated heterocycles. The molecule has 3 atom stereocenters. The average molecular weight is 337 g/mol. The quantitative estimate of drug-likeness (QED) is 0.864. The van der Waals surface area contributed by atoms with Gasteiger partial charge in [-0.1, -0.05) is 44.2 Å². The van der Waals surface area contributed by atoms with Crippen molar-refractivity contribution in [2.24, 2.45) is 11.3 Å². The molecule has 25 heavy (non-hydrogen) atoms. The molecular formula is C20H23N3O2. The van der Waals surface area contributed by atoms with Gasteiger partial charge in [0.1, 0.15) is 0 Å². The van der Waals surface area contributed by atoms with Crippen molar-refractivity contribution < 1.29 is 9.53 Å². The summed E-state index contributed by atoms with van der Waals surface area (Å²) in [6, 6.07) is 9.96. The van der Waals surface area contributed by atoms with Crippen LogP contribution in [0.5, 0.6) is 0 Å². The molecular weight excluding hydrogens is 314 g/mol. The van der Waals surface area contributed by atoms with E-state index in [1.807, 2.05) is 42.3 Å². The van der Waals surface area contributed by atoms with Crippen LogP contribution in [0.2, 0.25) is 0 Å². The summed E-state index contributed by atoms with van der Waals surface area (Å²) in [6.45, 7) is 5.16. The average Bonchev–Trinajstić information content (AvgIpc) is 3.08. The van der Waals surface area contributed by atoms with E-state index >= 15 is 0 Å². The Bertz CT molecular complexity index is 773. The number of hydrogen-bond acceptors (Lipinski definition) is 4. The Kier molecular flexibility index (Phi) is 3.84. The fourth-order valence-corrected chi connectivity index (χ4v) is 4.59. The van der Waals surface area contributed by atoms with Crippen molar-refractivity contribution >= 4 is 5.91 Å². The molecule has 2 heterocycles. The monoisotopic (exact) mass is 337 g/mol. The van der Waals surface area contributed by atoms with E-state index in [9.17, 15) is 4.79 Å². The van der Waals surface area contributed by atoms with Crippen LogP contribution in [0.25, 0.3) is 11.4 Å². The number of benzene rings is 1. The molecule has 1 aromatic carbocycles. The van der Waals surface area contributed by atoms with Gasteiger partial charge < -0.3 is 9.64 Å². The summed E-state index contributed by atoms with van der Waals surface area (Å²) in [7, 11) is 1.88. The second kappa shape index (κ2) is 5.92. The first kappa shape index (κ1) is 16.2. The summed E-state index contributed by atoms with van der Waals surface area (Å²) in [5, 5.41) is 0. The normalized spacial score (nSPS) is 26.6. The Morgan fingerprint density at radius 2 is 1.88 bits per heavy atom. The molecule has 2 aliphatic rings. The van der Waals surface area contributed by atoms with Crippen LogP contribution in [-0.2, 0) is 4.74 Å². The van der Waals surface area contributed by atoms with Crippen molar-refractivity contribution in [2.75, 3.05) is 13.7 Å². The van der Waals surface area contributed by atoms with E-state index in [1.54, 1.807) is 12.4 Å². The molecule has 5 heteroatoms. The van der Waals surface area contributed by atoms with Crippen molar-refractivity contribution in [1.82, 2.24) is 14.9 Å². The molecule has 0 N–H and O–H groups in total. The maximum atomic E-state index is 12.9. The summed E-state index contributed by atoms with van der Waals surface area (Å²) in [6.07, 6.45) is 4.55. The van der Waals surface area contributed by atoms with Crippen molar-refractivity contribution in [3.8, 4) is 11.4 Å². The van der Waals surface area contributed by atoms with Crippen LogP contribution in [0.1, 0.15) is 30.6 Å². The molecule has 0 spiro atoms. The lowest BCUT2D eigenvalue weighted by Crippen LogP contribution is -2.66. The van der Waals surface area contributed by atoms with Gasteiger partial charge >= 0.3 is 0 Å². The SMILES string of the molecule is CN(C(=O)c1cnc(-c2ccccc2)nc1)[C@@H]1[C@H]2CCO[C@@H]2C1(C)C. The lowest BCUT2D eigenvalue weighted by atomic mass is 9.56. The molecule has 1 saturated carbocycles. The van der Waals surface area contributed by atoms with Crippen LogP contribution in [0.3, 0.4) is 0 Å². The molecule has 1 aliphatic heterocycles. The van der Waals surface area contributed by atoms with E-state index in [4.69, 9.17) is 4.74 Å². The third-order valence-electron chi connectivity index (χ3n) is 5.71. The Hall–Kier alpha value is -2.27. The fraction of sp³-hybridized carbons (Fsp3) is 0.450. The molecule has 5 nitrogen and oxygen atoms in total. The lowest BCUT2D eigenvalue weighted by Gasteiger charge is -2.57. The van der Waals surface area contributed by atoms with Crippen molar-refractivity contribution in [3.63, 3.8) is 0 Å². The van der Waals surface area contributed by atoms with Crippen molar-refractivity contribution in [2.45, 2.75) is 32.4 Å². The summed E-state index contributed by atoms with van der Waals surface area (Å²) < 4.78 is 5.84. The van der Waals surface area contributed by atoms with Gasteiger partial charge in [0.25, 0.3) is 5.91 Å². The topological polar surface area (TPSA) is 55.3 Å². The summed E-state index contributed by atoms with van der Waals surface area (Å²) >= 11 is 0. The van der Waals surface area contributed by atoms with Gasteiger partial charge in [0.15, 0.2) is 5.82 Å².